The van der Waals surface area contributed by atoms with E-state index in [9.17, 15) is 4.79 Å². The van der Waals surface area contributed by atoms with Crippen molar-refractivity contribution in [3.8, 4) is 0 Å². The summed E-state index contributed by atoms with van der Waals surface area (Å²) in [6.45, 7) is 8.39. The molecule has 0 amide bonds. The Morgan fingerprint density at radius 3 is 2.50 bits per heavy atom. The van der Waals surface area contributed by atoms with Crippen LogP contribution in [-0.2, 0) is 5.75 Å². The van der Waals surface area contributed by atoms with Crippen molar-refractivity contribution in [2.24, 2.45) is 0 Å². The van der Waals surface area contributed by atoms with Gasteiger partial charge in [0, 0.05) is 0 Å². The molecule has 0 spiro atoms. The highest BCUT2D eigenvalue weighted by molar-refractivity contribution is 14.1. The second kappa shape index (κ2) is 6.05. The molecule has 3 nitrogen and oxygen atoms in total. The Balaban J connectivity index is 3.00. The number of halogens is 1. The summed E-state index contributed by atoms with van der Waals surface area (Å²) < 4.78 is 0.714. The van der Waals surface area contributed by atoms with Crippen molar-refractivity contribution in [3.63, 3.8) is 0 Å². The molecule has 1 heterocycles. The van der Waals surface area contributed by atoms with Gasteiger partial charge < -0.3 is 4.98 Å². The maximum absolute atomic E-state index is 11.7. The van der Waals surface area contributed by atoms with Gasteiger partial charge in [0.1, 0.15) is 5.82 Å². The monoisotopic (exact) mass is 352 g/mol. The zero-order valence-electron chi connectivity index (χ0n) is 10.0. The fraction of sp³-hybridized carbons (Fsp3) is 0.636. The Morgan fingerprint density at radius 1 is 1.38 bits per heavy atom. The van der Waals surface area contributed by atoms with Crippen LogP contribution in [0.15, 0.2) is 4.79 Å². The molecule has 16 heavy (non-hydrogen) atoms. The van der Waals surface area contributed by atoms with Gasteiger partial charge in [-0.15, -0.1) is 0 Å². The molecule has 0 saturated heterocycles. The van der Waals surface area contributed by atoms with Gasteiger partial charge in [0.05, 0.1) is 15.0 Å². The van der Waals surface area contributed by atoms with E-state index >= 15 is 0 Å². The summed E-state index contributed by atoms with van der Waals surface area (Å²) in [5.74, 6) is 1.84. The van der Waals surface area contributed by atoms with Gasteiger partial charge in [0.2, 0.25) is 0 Å². The van der Waals surface area contributed by atoms with Crippen LogP contribution in [0.3, 0.4) is 0 Å². The molecule has 0 unspecified atom stereocenters. The topological polar surface area (TPSA) is 45.8 Å². The Labute approximate surface area is 114 Å². The first-order chi connectivity index (χ1) is 7.41. The summed E-state index contributed by atoms with van der Waals surface area (Å²) in [7, 11) is 0. The van der Waals surface area contributed by atoms with Crippen LogP contribution in [0.25, 0.3) is 0 Å². The van der Waals surface area contributed by atoms with Gasteiger partial charge in [-0.05, 0) is 33.8 Å². The van der Waals surface area contributed by atoms with Crippen molar-refractivity contribution >= 4 is 34.4 Å². The average Bonchev–Trinajstić information content (AvgIpc) is 2.19. The molecule has 0 aliphatic heterocycles. The number of thioether (sulfide) groups is 1. The Bertz CT molecular complexity index is 415. The molecule has 0 aromatic carbocycles. The normalized spacial score (nSPS) is 11.4. The summed E-state index contributed by atoms with van der Waals surface area (Å²) >= 11 is 3.85. The average molecular weight is 352 g/mol. The molecule has 0 fully saturated rings. The lowest BCUT2D eigenvalue weighted by molar-refractivity contribution is 0.782. The number of aromatic nitrogens is 2. The standard InChI is InChI=1S/C11H17IN2OS/c1-6(2)10-9(12)11(15)14-8(13-10)5-16-7(3)4/h6-7H,5H2,1-4H3,(H,13,14,15). The zero-order chi connectivity index (χ0) is 12.3. The van der Waals surface area contributed by atoms with E-state index in [0.717, 1.165) is 17.3 Å². The summed E-state index contributed by atoms with van der Waals surface area (Å²) in [6.07, 6.45) is 0. The molecule has 0 saturated carbocycles. The number of rotatable bonds is 4. The summed E-state index contributed by atoms with van der Waals surface area (Å²) in [6, 6.07) is 0. The molecule has 0 aliphatic rings. The highest BCUT2D eigenvalue weighted by Crippen LogP contribution is 2.18. The number of nitrogens with zero attached hydrogens (tertiary/aromatic N) is 1. The zero-order valence-corrected chi connectivity index (χ0v) is 13.0. The third kappa shape index (κ3) is 3.76. The maximum Gasteiger partial charge on any atom is 0.264 e. The Morgan fingerprint density at radius 2 is 2.00 bits per heavy atom. The van der Waals surface area contributed by atoms with E-state index < -0.39 is 0 Å². The Hall–Kier alpha value is -0.0400. The highest BCUT2D eigenvalue weighted by Gasteiger charge is 2.12. The molecule has 1 aromatic rings. The first kappa shape index (κ1) is 14.0. The molecule has 0 atom stereocenters. The number of aromatic amines is 1. The van der Waals surface area contributed by atoms with E-state index in [-0.39, 0.29) is 11.5 Å². The third-order valence-corrected chi connectivity index (χ3v) is 4.19. The van der Waals surface area contributed by atoms with Gasteiger partial charge in [0.25, 0.3) is 5.56 Å². The molecule has 0 radical (unpaired) electrons. The molecule has 0 aliphatic carbocycles. The van der Waals surface area contributed by atoms with Gasteiger partial charge in [-0.25, -0.2) is 4.98 Å². The molecule has 0 bridgehead atoms. The molecule has 1 N–H and O–H groups in total. The lowest BCUT2D eigenvalue weighted by Gasteiger charge is -2.10. The summed E-state index contributed by atoms with van der Waals surface area (Å²) in [5, 5.41) is 0.548. The predicted molar refractivity (Wildman–Crippen MR) is 78.1 cm³/mol. The van der Waals surface area contributed by atoms with Crippen molar-refractivity contribution in [3.05, 3.63) is 25.4 Å². The van der Waals surface area contributed by atoms with Crippen molar-refractivity contribution in [2.75, 3.05) is 0 Å². The van der Waals surface area contributed by atoms with Crippen LogP contribution < -0.4 is 5.56 Å². The molecular formula is C11H17IN2OS. The largest absolute Gasteiger partial charge is 0.309 e. The van der Waals surface area contributed by atoms with Crippen molar-refractivity contribution < 1.29 is 0 Å². The van der Waals surface area contributed by atoms with E-state index in [1.54, 1.807) is 11.8 Å². The third-order valence-electron chi connectivity index (χ3n) is 2.04. The van der Waals surface area contributed by atoms with E-state index in [0.29, 0.717) is 8.82 Å². The quantitative estimate of drug-likeness (QED) is 0.847. The Kier molecular flexibility index (Phi) is 5.30. The van der Waals surface area contributed by atoms with Crippen LogP contribution in [0.2, 0.25) is 0 Å². The van der Waals surface area contributed by atoms with Crippen molar-refractivity contribution in [2.45, 2.75) is 44.6 Å². The predicted octanol–water partition coefficient (Wildman–Crippen LogP) is 3.14. The number of hydrogen-bond acceptors (Lipinski definition) is 3. The fourth-order valence-corrected chi connectivity index (χ4v) is 2.73. The minimum atomic E-state index is -0.0151. The highest BCUT2D eigenvalue weighted by atomic mass is 127. The lowest BCUT2D eigenvalue weighted by atomic mass is 10.1. The van der Waals surface area contributed by atoms with Gasteiger partial charge in [-0.1, -0.05) is 27.7 Å². The maximum atomic E-state index is 11.7. The van der Waals surface area contributed by atoms with E-state index in [4.69, 9.17) is 0 Å². The SMILES string of the molecule is CC(C)SCc1nc(C(C)C)c(I)c(=O)[nH]1. The number of hydrogen-bond donors (Lipinski definition) is 1. The molecule has 5 heteroatoms. The van der Waals surface area contributed by atoms with Crippen molar-refractivity contribution in [1.29, 1.82) is 0 Å². The van der Waals surface area contributed by atoms with Gasteiger partial charge in [-0.3, -0.25) is 4.79 Å². The second-order valence-corrected chi connectivity index (χ2v) is 6.87. The lowest BCUT2D eigenvalue weighted by Crippen LogP contribution is -2.18. The minimum Gasteiger partial charge on any atom is -0.309 e. The van der Waals surface area contributed by atoms with Crippen molar-refractivity contribution in [1.82, 2.24) is 9.97 Å². The van der Waals surface area contributed by atoms with Gasteiger partial charge >= 0.3 is 0 Å². The van der Waals surface area contributed by atoms with Crippen LogP contribution in [-0.4, -0.2) is 15.2 Å². The first-order valence-electron chi connectivity index (χ1n) is 5.32. The van der Waals surface area contributed by atoms with Gasteiger partial charge in [0.15, 0.2) is 0 Å². The molecular weight excluding hydrogens is 335 g/mol. The first-order valence-corrected chi connectivity index (χ1v) is 7.44. The van der Waals surface area contributed by atoms with Crippen LogP contribution in [0, 0.1) is 3.57 Å². The fourth-order valence-electron chi connectivity index (χ4n) is 1.22. The van der Waals surface area contributed by atoms with E-state index in [1.165, 1.54) is 0 Å². The summed E-state index contributed by atoms with van der Waals surface area (Å²) in [5.41, 5.74) is 0.891. The number of H-pyrrole nitrogens is 1. The smallest absolute Gasteiger partial charge is 0.264 e. The minimum absolute atomic E-state index is 0.0151. The van der Waals surface area contributed by atoms with Crippen LogP contribution in [0.5, 0.6) is 0 Å². The van der Waals surface area contributed by atoms with E-state index in [2.05, 4.69) is 60.3 Å². The van der Waals surface area contributed by atoms with E-state index in [1.807, 2.05) is 0 Å². The molecule has 1 rings (SSSR count). The van der Waals surface area contributed by atoms with Crippen LogP contribution in [0.1, 0.15) is 45.1 Å². The number of nitrogens with one attached hydrogen (secondary N) is 1. The van der Waals surface area contributed by atoms with Crippen LogP contribution in [0.4, 0.5) is 0 Å². The second-order valence-electron chi connectivity index (χ2n) is 4.23. The summed E-state index contributed by atoms with van der Waals surface area (Å²) in [4.78, 5) is 19.0. The van der Waals surface area contributed by atoms with Crippen LogP contribution >= 0.6 is 34.4 Å². The molecule has 1 aromatic heterocycles. The molecule has 90 valence electrons. The van der Waals surface area contributed by atoms with Gasteiger partial charge in [-0.2, -0.15) is 11.8 Å².